The molecular formula is C28H26N4O3S. The lowest BCUT2D eigenvalue weighted by molar-refractivity contribution is 0.412. The largest absolute Gasteiger partial charge is 0.496 e. The predicted octanol–water partition coefficient (Wildman–Crippen LogP) is 5.64. The number of pyridine rings is 1. The molecule has 0 spiro atoms. The maximum atomic E-state index is 13.9. The molecule has 5 rings (SSSR count). The van der Waals surface area contributed by atoms with Crippen LogP contribution in [0.3, 0.4) is 0 Å². The van der Waals surface area contributed by atoms with Gasteiger partial charge in [-0.15, -0.1) is 0 Å². The Balaban J connectivity index is 1.79. The van der Waals surface area contributed by atoms with Crippen LogP contribution in [0, 0.1) is 27.7 Å². The Morgan fingerprint density at radius 2 is 1.58 bits per heavy atom. The first-order valence-electron chi connectivity index (χ1n) is 11.5. The number of hydrogen-bond donors (Lipinski definition) is 0. The van der Waals surface area contributed by atoms with Gasteiger partial charge >= 0.3 is 0 Å². The van der Waals surface area contributed by atoms with Crippen LogP contribution in [-0.4, -0.2) is 34.5 Å². The van der Waals surface area contributed by atoms with Crippen LogP contribution in [0.25, 0.3) is 33.5 Å². The molecule has 5 aromatic rings. The number of ether oxygens (including phenoxy) is 1. The van der Waals surface area contributed by atoms with Crippen molar-refractivity contribution in [3.8, 4) is 28.3 Å². The van der Waals surface area contributed by atoms with Crippen LogP contribution in [-0.2, 0) is 10.0 Å². The number of aromatic nitrogens is 4. The van der Waals surface area contributed by atoms with Gasteiger partial charge in [0.05, 0.1) is 29.6 Å². The SMILES string of the molecule is COc1ccc(C)c(-c2cnc3c(c2)cc(-c2cnc(C)cn2)n3S(=O)(=O)c2ccc(C)cc2)c1C. The number of benzene rings is 2. The predicted molar refractivity (Wildman–Crippen MR) is 141 cm³/mol. The Bertz CT molecular complexity index is 1710. The minimum Gasteiger partial charge on any atom is -0.496 e. The molecule has 0 aliphatic carbocycles. The van der Waals surface area contributed by atoms with E-state index in [2.05, 4.69) is 15.0 Å². The molecule has 36 heavy (non-hydrogen) atoms. The topological polar surface area (TPSA) is 87.0 Å². The molecule has 3 heterocycles. The van der Waals surface area contributed by atoms with Crippen LogP contribution in [0.1, 0.15) is 22.4 Å². The van der Waals surface area contributed by atoms with Crippen LogP contribution in [0.15, 0.2) is 72.0 Å². The van der Waals surface area contributed by atoms with Gasteiger partial charge in [0.25, 0.3) is 10.0 Å². The van der Waals surface area contributed by atoms with E-state index in [1.807, 2.05) is 52.0 Å². The molecule has 0 amide bonds. The highest BCUT2D eigenvalue weighted by atomic mass is 32.2. The summed E-state index contributed by atoms with van der Waals surface area (Å²) in [6, 6.07) is 14.5. The lowest BCUT2D eigenvalue weighted by atomic mass is 9.96. The van der Waals surface area contributed by atoms with E-state index < -0.39 is 10.0 Å². The molecule has 182 valence electrons. The van der Waals surface area contributed by atoms with Gasteiger partial charge in [-0.3, -0.25) is 9.97 Å². The van der Waals surface area contributed by atoms with E-state index in [1.54, 1.807) is 50.0 Å². The van der Waals surface area contributed by atoms with Crippen molar-refractivity contribution >= 4 is 21.1 Å². The molecule has 0 atom stereocenters. The number of methoxy groups -OCH3 is 1. The Kier molecular flexibility index (Phi) is 5.84. The van der Waals surface area contributed by atoms with Crippen molar-refractivity contribution < 1.29 is 13.2 Å². The van der Waals surface area contributed by atoms with E-state index in [0.717, 1.165) is 39.3 Å². The van der Waals surface area contributed by atoms with Gasteiger partial charge in [-0.2, -0.15) is 0 Å². The molecule has 0 saturated heterocycles. The molecular weight excluding hydrogens is 472 g/mol. The molecule has 0 unspecified atom stereocenters. The minimum absolute atomic E-state index is 0.178. The normalized spacial score (nSPS) is 11.7. The fourth-order valence-electron chi connectivity index (χ4n) is 4.46. The zero-order chi connectivity index (χ0) is 25.6. The highest BCUT2D eigenvalue weighted by molar-refractivity contribution is 7.90. The summed E-state index contributed by atoms with van der Waals surface area (Å²) < 4.78 is 34.6. The summed E-state index contributed by atoms with van der Waals surface area (Å²) in [6.45, 7) is 7.79. The zero-order valence-corrected chi connectivity index (χ0v) is 21.6. The van der Waals surface area contributed by atoms with Gasteiger partial charge in [0.2, 0.25) is 0 Å². The maximum Gasteiger partial charge on any atom is 0.269 e. The molecule has 3 aromatic heterocycles. The van der Waals surface area contributed by atoms with Crippen LogP contribution in [0.4, 0.5) is 0 Å². The van der Waals surface area contributed by atoms with Gasteiger partial charge in [0.1, 0.15) is 11.4 Å². The van der Waals surface area contributed by atoms with Crippen LogP contribution in [0.5, 0.6) is 5.75 Å². The zero-order valence-electron chi connectivity index (χ0n) is 20.8. The summed E-state index contributed by atoms with van der Waals surface area (Å²) >= 11 is 0. The van der Waals surface area contributed by atoms with Crippen LogP contribution >= 0.6 is 0 Å². The second kappa shape index (κ2) is 8.87. The third kappa shape index (κ3) is 3.93. The number of fused-ring (bicyclic) bond motifs is 1. The standard InChI is InChI=1S/C28H26N4O3S/c1-17-6-9-23(10-7-17)36(33,34)32-25(24-16-29-19(3)14-30-24)13-21-12-22(15-31-28(21)32)27-18(2)8-11-26(35-5)20(27)4/h6-16H,1-5H3. The summed E-state index contributed by atoms with van der Waals surface area (Å²) in [5.74, 6) is 0.783. The second-order valence-corrected chi connectivity index (χ2v) is 10.7. The fourth-order valence-corrected chi connectivity index (χ4v) is 5.94. The van der Waals surface area contributed by atoms with E-state index in [4.69, 9.17) is 4.74 Å². The fraction of sp³-hybridized carbons (Fsp3) is 0.179. The first-order valence-corrected chi connectivity index (χ1v) is 12.9. The first-order chi connectivity index (χ1) is 17.2. The lowest BCUT2D eigenvalue weighted by Crippen LogP contribution is -2.15. The van der Waals surface area contributed by atoms with Gasteiger partial charge < -0.3 is 4.74 Å². The van der Waals surface area contributed by atoms with E-state index in [-0.39, 0.29) is 4.90 Å². The number of aryl methyl sites for hydroxylation is 3. The number of nitrogens with zero attached hydrogens (tertiary/aromatic N) is 4. The van der Waals surface area contributed by atoms with Crippen molar-refractivity contribution in [1.82, 2.24) is 18.9 Å². The molecule has 0 aliphatic heterocycles. The smallest absolute Gasteiger partial charge is 0.269 e. The Labute approximate surface area is 210 Å². The highest BCUT2D eigenvalue weighted by Gasteiger charge is 2.26. The Morgan fingerprint density at radius 1 is 0.833 bits per heavy atom. The molecule has 0 fully saturated rings. The van der Waals surface area contributed by atoms with Gasteiger partial charge in [-0.1, -0.05) is 23.8 Å². The molecule has 7 nitrogen and oxygen atoms in total. The molecule has 0 radical (unpaired) electrons. The van der Waals surface area contributed by atoms with Gasteiger partial charge in [-0.25, -0.2) is 17.4 Å². The van der Waals surface area contributed by atoms with Gasteiger partial charge in [-0.05, 0) is 74.7 Å². The average molecular weight is 499 g/mol. The van der Waals surface area contributed by atoms with E-state index >= 15 is 0 Å². The molecule has 0 aliphatic rings. The Morgan fingerprint density at radius 3 is 2.25 bits per heavy atom. The Hall–Kier alpha value is -4.04. The summed E-state index contributed by atoms with van der Waals surface area (Å²) in [4.78, 5) is 13.6. The van der Waals surface area contributed by atoms with Crippen molar-refractivity contribution in [3.63, 3.8) is 0 Å². The molecule has 8 heteroatoms. The van der Waals surface area contributed by atoms with Crippen molar-refractivity contribution in [2.24, 2.45) is 0 Å². The first kappa shape index (κ1) is 23.7. The highest BCUT2D eigenvalue weighted by Crippen LogP contribution is 2.36. The van der Waals surface area contributed by atoms with Crippen molar-refractivity contribution in [2.45, 2.75) is 32.6 Å². The average Bonchev–Trinajstić information content (AvgIpc) is 3.25. The van der Waals surface area contributed by atoms with Gasteiger partial charge in [0.15, 0.2) is 5.65 Å². The minimum atomic E-state index is -3.97. The quantitative estimate of drug-likeness (QED) is 0.312. The number of hydrogen-bond acceptors (Lipinski definition) is 6. The third-order valence-electron chi connectivity index (χ3n) is 6.33. The van der Waals surface area contributed by atoms with Crippen molar-refractivity contribution in [1.29, 1.82) is 0 Å². The van der Waals surface area contributed by atoms with Crippen molar-refractivity contribution in [3.05, 3.63) is 89.5 Å². The monoisotopic (exact) mass is 498 g/mol. The summed E-state index contributed by atoms with van der Waals surface area (Å²) in [6.07, 6.45) is 4.92. The molecule has 0 N–H and O–H groups in total. The van der Waals surface area contributed by atoms with E-state index in [0.29, 0.717) is 22.4 Å². The van der Waals surface area contributed by atoms with E-state index in [1.165, 1.54) is 3.97 Å². The maximum absolute atomic E-state index is 13.9. The second-order valence-electron chi connectivity index (χ2n) is 8.88. The third-order valence-corrected chi connectivity index (χ3v) is 8.05. The summed E-state index contributed by atoms with van der Waals surface area (Å²) in [5, 5.41) is 0.683. The van der Waals surface area contributed by atoms with Crippen LogP contribution in [0.2, 0.25) is 0 Å². The lowest BCUT2D eigenvalue weighted by Gasteiger charge is -2.14. The summed E-state index contributed by atoms with van der Waals surface area (Å²) in [7, 11) is -2.32. The molecule has 2 aromatic carbocycles. The van der Waals surface area contributed by atoms with Crippen molar-refractivity contribution in [2.75, 3.05) is 7.11 Å². The van der Waals surface area contributed by atoms with E-state index in [9.17, 15) is 8.42 Å². The van der Waals surface area contributed by atoms with Gasteiger partial charge in [0, 0.05) is 23.3 Å². The molecule has 0 bridgehead atoms. The summed E-state index contributed by atoms with van der Waals surface area (Å²) in [5.41, 5.74) is 6.86. The number of rotatable bonds is 5. The molecule has 0 saturated carbocycles. The van der Waals surface area contributed by atoms with Crippen LogP contribution < -0.4 is 4.74 Å².